The molecule has 2 aliphatic rings. The molecule has 0 radical (unpaired) electrons. The summed E-state index contributed by atoms with van der Waals surface area (Å²) < 4.78 is 96.6. The standard InChI is InChI=1S/C30H31F3N6O4S3/c1-30(2)13-5-15-39(30)29-37-25(26(44-29)23-10-14-34-28(36-23)35-18-11-16-45(40,41)17-12-18)19-6-3-9-22(24(19)33)38-46(42,43)27-20(31)7-4-8-21(27)32/h3-4,6-10,14,18,38H,5,11-13,15-17H2,1-2H3,(H,34,35,36). The van der Waals surface area contributed by atoms with Crippen LogP contribution in [-0.2, 0) is 19.9 Å². The van der Waals surface area contributed by atoms with E-state index in [1.807, 2.05) is 4.72 Å². The summed E-state index contributed by atoms with van der Waals surface area (Å²) in [6.07, 6.45) is 4.24. The first-order valence-electron chi connectivity index (χ1n) is 14.6. The van der Waals surface area contributed by atoms with Gasteiger partial charge in [0.2, 0.25) is 5.95 Å². The van der Waals surface area contributed by atoms with E-state index in [4.69, 9.17) is 4.98 Å². The van der Waals surface area contributed by atoms with Gasteiger partial charge in [0.1, 0.15) is 21.5 Å². The Morgan fingerprint density at radius 2 is 1.70 bits per heavy atom. The molecule has 0 atom stereocenters. The van der Waals surface area contributed by atoms with E-state index in [1.165, 1.54) is 29.7 Å². The van der Waals surface area contributed by atoms with E-state index >= 15 is 4.39 Å². The van der Waals surface area contributed by atoms with E-state index in [-0.39, 0.29) is 40.3 Å². The van der Waals surface area contributed by atoms with Crippen molar-refractivity contribution in [3.63, 3.8) is 0 Å². The zero-order chi connectivity index (χ0) is 32.9. The van der Waals surface area contributed by atoms with Crippen molar-refractivity contribution < 1.29 is 30.0 Å². The molecule has 2 aliphatic heterocycles. The Bertz CT molecular complexity index is 1990. The molecule has 2 saturated heterocycles. The second kappa shape index (κ2) is 12.1. The average molecular weight is 693 g/mol. The molecule has 2 fully saturated rings. The smallest absolute Gasteiger partial charge is 0.267 e. The molecule has 10 nitrogen and oxygen atoms in total. The summed E-state index contributed by atoms with van der Waals surface area (Å²) in [6, 6.07) is 8.16. The lowest BCUT2D eigenvalue weighted by Gasteiger charge is -2.31. The summed E-state index contributed by atoms with van der Waals surface area (Å²) in [7, 11) is -7.90. The third-order valence-electron chi connectivity index (χ3n) is 8.21. The molecule has 4 aromatic rings. The maximum Gasteiger partial charge on any atom is 0.267 e. The van der Waals surface area contributed by atoms with Crippen LogP contribution < -0.4 is 14.9 Å². The van der Waals surface area contributed by atoms with Gasteiger partial charge >= 0.3 is 0 Å². The van der Waals surface area contributed by atoms with E-state index in [0.29, 0.717) is 28.5 Å². The van der Waals surface area contributed by atoms with Crippen molar-refractivity contribution in [1.82, 2.24) is 15.0 Å². The number of sulfone groups is 1. The molecule has 2 aromatic carbocycles. The van der Waals surface area contributed by atoms with E-state index < -0.39 is 47.9 Å². The maximum absolute atomic E-state index is 16.2. The van der Waals surface area contributed by atoms with Crippen molar-refractivity contribution in [2.24, 2.45) is 0 Å². The van der Waals surface area contributed by atoms with Crippen molar-refractivity contribution in [3.05, 3.63) is 66.1 Å². The van der Waals surface area contributed by atoms with Gasteiger partial charge in [0.15, 0.2) is 15.8 Å². The Labute approximate surface area is 269 Å². The van der Waals surface area contributed by atoms with Crippen molar-refractivity contribution in [2.45, 2.75) is 56.0 Å². The summed E-state index contributed by atoms with van der Waals surface area (Å²) in [5.41, 5.74) is -0.151. The van der Waals surface area contributed by atoms with Crippen LogP contribution in [0.4, 0.5) is 29.9 Å². The number of nitrogens with zero attached hydrogens (tertiary/aromatic N) is 4. The van der Waals surface area contributed by atoms with Crippen molar-refractivity contribution in [1.29, 1.82) is 0 Å². The fourth-order valence-electron chi connectivity index (χ4n) is 5.74. The first-order valence-corrected chi connectivity index (χ1v) is 18.7. The molecule has 0 saturated carbocycles. The predicted octanol–water partition coefficient (Wildman–Crippen LogP) is 5.85. The Hall–Kier alpha value is -3.76. The lowest BCUT2D eigenvalue weighted by molar-refractivity contribution is 0.517. The van der Waals surface area contributed by atoms with Crippen LogP contribution in [0.3, 0.4) is 0 Å². The number of aromatic nitrogens is 3. The molecule has 4 heterocycles. The molecule has 244 valence electrons. The third kappa shape index (κ3) is 6.42. The van der Waals surface area contributed by atoms with E-state index in [9.17, 15) is 25.6 Å². The molecule has 2 aromatic heterocycles. The molecule has 2 N–H and O–H groups in total. The Kier molecular flexibility index (Phi) is 8.48. The van der Waals surface area contributed by atoms with Crippen molar-refractivity contribution in [3.8, 4) is 21.8 Å². The van der Waals surface area contributed by atoms with E-state index in [1.54, 1.807) is 6.07 Å². The summed E-state index contributed by atoms with van der Waals surface area (Å²) in [5.74, 6) is -3.20. The summed E-state index contributed by atoms with van der Waals surface area (Å²) in [6.45, 7) is 4.92. The normalized spacial score (nSPS) is 18.1. The number of anilines is 3. The van der Waals surface area contributed by atoms with Gasteiger partial charge in [-0.05, 0) is 69.9 Å². The van der Waals surface area contributed by atoms with Gasteiger partial charge in [0, 0.05) is 29.9 Å². The highest BCUT2D eigenvalue weighted by Crippen LogP contribution is 2.45. The Morgan fingerprint density at radius 3 is 2.37 bits per heavy atom. The minimum absolute atomic E-state index is 0.0469. The topological polar surface area (TPSA) is 134 Å². The predicted molar refractivity (Wildman–Crippen MR) is 172 cm³/mol. The number of thiazole rings is 1. The van der Waals surface area contributed by atoms with Crippen LogP contribution >= 0.6 is 11.3 Å². The van der Waals surface area contributed by atoms with Gasteiger partial charge in [-0.3, -0.25) is 4.72 Å². The highest BCUT2D eigenvalue weighted by Gasteiger charge is 2.35. The van der Waals surface area contributed by atoms with Crippen molar-refractivity contribution in [2.75, 3.05) is 33.0 Å². The molecule has 0 amide bonds. The number of benzene rings is 2. The molecule has 0 unspecified atom stereocenters. The molecule has 0 bridgehead atoms. The number of halogens is 3. The molecule has 0 aliphatic carbocycles. The van der Waals surface area contributed by atoms with E-state index in [0.717, 1.165) is 43.7 Å². The summed E-state index contributed by atoms with van der Waals surface area (Å²) in [4.78, 5) is 15.2. The van der Waals surface area contributed by atoms with Crippen LogP contribution in [0.5, 0.6) is 0 Å². The van der Waals surface area contributed by atoms with Gasteiger partial charge in [-0.15, -0.1) is 0 Å². The Morgan fingerprint density at radius 1 is 1.00 bits per heavy atom. The summed E-state index contributed by atoms with van der Waals surface area (Å²) in [5, 5.41) is 3.83. The molecule has 0 spiro atoms. The fraction of sp³-hybridized carbons (Fsp3) is 0.367. The van der Waals surface area contributed by atoms with Crippen molar-refractivity contribution >= 4 is 48.0 Å². The van der Waals surface area contributed by atoms with Crippen LogP contribution in [0, 0.1) is 17.5 Å². The molecular weight excluding hydrogens is 662 g/mol. The Balaban J connectivity index is 1.40. The minimum Gasteiger partial charge on any atom is -0.351 e. The van der Waals surface area contributed by atoms with Gasteiger partial charge < -0.3 is 10.2 Å². The number of nitrogens with one attached hydrogen (secondary N) is 2. The first-order chi connectivity index (χ1) is 21.7. The number of rotatable bonds is 8. The monoisotopic (exact) mass is 692 g/mol. The number of hydrogen-bond acceptors (Lipinski definition) is 10. The van der Waals surface area contributed by atoms with E-state index in [2.05, 4.69) is 34.0 Å². The number of sulfonamides is 1. The second-order valence-corrected chi connectivity index (χ2v) is 16.8. The van der Waals surface area contributed by atoms with Crippen LogP contribution in [0.15, 0.2) is 53.6 Å². The number of hydrogen-bond donors (Lipinski definition) is 2. The maximum atomic E-state index is 16.2. The van der Waals surface area contributed by atoms with Gasteiger partial charge in [-0.2, -0.15) is 0 Å². The van der Waals surface area contributed by atoms with Gasteiger partial charge in [-0.1, -0.05) is 23.5 Å². The zero-order valence-corrected chi connectivity index (χ0v) is 27.4. The zero-order valence-electron chi connectivity index (χ0n) is 24.9. The highest BCUT2D eigenvalue weighted by atomic mass is 32.2. The fourth-order valence-corrected chi connectivity index (χ4v) is 9.67. The van der Waals surface area contributed by atoms with Crippen LogP contribution in [0.25, 0.3) is 21.8 Å². The van der Waals surface area contributed by atoms with Crippen LogP contribution in [0.2, 0.25) is 0 Å². The minimum atomic E-state index is -4.84. The average Bonchev–Trinajstić information content (AvgIpc) is 3.57. The second-order valence-electron chi connectivity index (χ2n) is 11.9. The lowest BCUT2D eigenvalue weighted by atomic mass is 10.0. The largest absolute Gasteiger partial charge is 0.351 e. The quantitative estimate of drug-likeness (QED) is 0.233. The molecular formula is C30H31F3N6O4S3. The molecule has 46 heavy (non-hydrogen) atoms. The van der Waals surface area contributed by atoms with Crippen LogP contribution in [0.1, 0.15) is 39.5 Å². The van der Waals surface area contributed by atoms with Gasteiger partial charge in [-0.25, -0.2) is 45.0 Å². The third-order valence-corrected chi connectivity index (χ3v) is 12.4. The van der Waals surface area contributed by atoms with Gasteiger partial charge in [0.05, 0.1) is 33.5 Å². The molecule has 16 heteroatoms. The van der Waals surface area contributed by atoms with Gasteiger partial charge in [0.25, 0.3) is 10.0 Å². The van der Waals surface area contributed by atoms with Crippen LogP contribution in [-0.4, -0.2) is 61.4 Å². The first kappa shape index (κ1) is 32.2. The molecule has 6 rings (SSSR count). The highest BCUT2D eigenvalue weighted by molar-refractivity contribution is 7.92. The lowest BCUT2D eigenvalue weighted by Crippen LogP contribution is -2.37. The SMILES string of the molecule is CC1(C)CCCN1c1nc(-c2cccc(NS(=O)(=O)c3c(F)cccc3F)c2F)c(-c2ccnc(NC3CCS(=O)(=O)CC3)n2)s1. The summed E-state index contributed by atoms with van der Waals surface area (Å²) >= 11 is 1.30.